The van der Waals surface area contributed by atoms with E-state index < -0.39 is 30.5 Å². The van der Waals surface area contributed by atoms with Crippen molar-refractivity contribution in [1.82, 2.24) is 10.2 Å². The first-order valence-electron chi connectivity index (χ1n) is 8.64. The third-order valence-corrected chi connectivity index (χ3v) is 4.69. The first-order valence-corrected chi connectivity index (χ1v) is 8.64. The van der Waals surface area contributed by atoms with E-state index in [0.717, 1.165) is 5.56 Å². The fourth-order valence-corrected chi connectivity index (χ4v) is 3.45. The van der Waals surface area contributed by atoms with Crippen molar-refractivity contribution >= 4 is 17.5 Å². The highest BCUT2D eigenvalue weighted by molar-refractivity contribution is 6.07. The fourth-order valence-electron chi connectivity index (χ4n) is 3.45. The van der Waals surface area contributed by atoms with Crippen LogP contribution in [0.3, 0.4) is 0 Å². The first kappa shape index (κ1) is 17.7. The highest BCUT2D eigenvalue weighted by Gasteiger charge is 2.38. The highest BCUT2D eigenvalue weighted by Crippen LogP contribution is 2.45. The van der Waals surface area contributed by atoms with Crippen molar-refractivity contribution in [3.05, 3.63) is 77.1 Å². The van der Waals surface area contributed by atoms with Crippen LogP contribution in [0.15, 0.2) is 54.9 Å². The number of amides is 2. The van der Waals surface area contributed by atoms with Gasteiger partial charge in [0.1, 0.15) is 18.5 Å². The fraction of sp³-hybridized carbons (Fsp3) is 0.150. The predicted octanol–water partition coefficient (Wildman–Crippen LogP) is 2.62. The van der Waals surface area contributed by atoms with Crippen LogP contribution < -0.4 is 15.8 Å². The Bertz CT molecular complexity index is 1020. The molecule has 0 saturated carbocycles. The third-order valence-electron chi connectivity index (χ3n) is 4.69. The molecule has 2 heterocycles. The van der Waals surface area contributed by atoms with Gasteiger partial charge in [-0.1, -0.05) is 30.3 Å². The van der Waals surface area contributed by atoms with Crippen LogP contribution in [0.5, 0.6) is 5.75 Å². The maximum atomic E-state index is 13.7. The van der Waals surface area contributed by atoms with Gasteiger partial charge in [-0.15, -0.1) is 0 Å². The summed E-state index contributed by atoms with van der Waals surface area (Å²) >= 11 is 0. The summed E-state index contributed by atoms with van der Waals surface area (Å²) in [7, 11) is 0. The summed E-state index contributed by atoms with van der Waals surface area (Å²) < 4.78 is 19.4. The number of nitrogens with two attached hydrogens (primary N) is 1. The Morgan fingerprint density at radius 2 is 2.04 bits per heavy atom. The van der Waals surface area contributed by atoms with Crippen molar-refractivity contribution in [1.29, 1.82) is 0 Å². The van der Waals surface area contributed by atoms with Gasteiger partial charge in [0.15, 0.2) is 0 Å². The molecule has 7 nitrogen and oxygen atoms in total. The van der Waals surface area contributed by atoms with E-state index in [1.54, 1.807) is 6.07 Å². The average Bonchev–Trinajstić information content (AvgIpc) is 3.34. The Morgan fingerprint density at radius 1 is 1.25 bits per heavy atom. The van der Waals surface area contributed by atoms with Crippen LogP contribution in [0, 0.1) is 0 Å². The van der Waals surface area contributed by atoms with Crippen LogP contribution in [-0.2, 0) is 0 Å². The van der Waals surface area contributed by atoms with Crippen LogP contribution in [0.1, 0.15) is 37.8 Å². The number of ether oxygens (including phenoxy) is 1. The van der Waals surface area contributed by atoms with Gasteiger partial charge in [-0.05, 0) is 17.7 Å². The lowest BCUT2D eigenvalue weighted by atomic mass is 9.86. The molecule has 0 radical (unpaired) electrons. The van der Waals surface area contributed by atoms with E-state index in [1.807, 2.05) is 30.3 Å². The molecule has 142 valence electrons. The zero-order chi connectivity index (χ0) is 19.7. The van der Waals surface area contributed by atoms with Gasteiger partial charge >= 0.3 is 0 Å². The average molecular weight is 380 g/mol. The molecule has 3 aromatic rings. The van der Waals surface area contributed by atoms with E-state index in [0.29, 0.717) is 11.3 Å². The molecular weight excluding hydrogens is 363 g/mol. The number of rotatable bonds is 5. The Balaban J connectivity index is 1.81. The van der Waals surface area contributed by atoms with Crippen molar-refractivity contribution in [3.63, 3.8) is 0 Å². The molecule has 4 rings (SSSR count). The summed E-state index contributed by atoms with van der Waals surface area (Å²) in [4.78, 5) is 24.7. The number of hydrogen-bond acceptors (Lipinski definition) is 4. The number of carbonyl (C=O) groups is 2. The highest BCUT2D eigenvalue weighted by atomic mass is 19.1. The standard InChI is InChI=1S/C20H17FN4O3/c21-8-16-17(11-4-2-1-3-5-11)14-6-12(7-15(19(22)26)18(14)28-16)20(27)25-13-9-23-24-10-13/h1-7,9-10,16-17H,8H2,(H2,22,26)(H,23,24)(H,25,27)/t16-,17+/m1/s1. The molecule has 2 atom stereocenters. The summed E-state index contributed by atoms with van der Waals surface area (Å²) in [6.07, 6.45) is 2.17. The number of hydrogen-bond donors (Lipinski definition) is 3. The number of nitrogens with zero attached hydrogens (tertiary/aromatic N) is 1. The maximum absolute atomic E-state index is 13.7. The second kappa shape index (κ2) is 7.15. The number of aromatic nitrogens is 2. The topological polar surface area (TPSA) is 110 Å². The van der Waals surface area contributed by atoms with Gasteiger partial charge in [0, 0.05) is 17.3 Å². The third kappa shape index (κ3) is 3.09. The lowest BCUT2D eigenvalue weighted by Crippen LogP contribution is -2.22. The Kier molecular flexibility index (Phi) is 4.52. The van der Waals surface area contributed by atoms with E-state index in [1.165, 1.54) is 18.5 Å². The molecule has 0 saturated heterocycles. The Hall–Kier alpha value is -3.68. The zero-order valence-electron chi connectivity index (χ0n) is 14.7. The number of nitrogens with one attached hydrogen (secondary N) is 2. The molecule has 2 aromatic carbocycles. The van der Waals surface area contributed by atoms with Gasteiger partial charge in [-0.25, -0.2) is 4.39 Å². The second-order valence-corrected chi connectivity index (χ2v) is 6.45. The molecular formula is C20H17FN4O3. The molecule has 0 aliphatic carbocycles. The minimum atomic E-state index is -0.803. The summed E-state index contributed by atoms with van der Waals surface area (Å²) in [5.41, 5.74) is 7.63. The molecule has 1 aliphatic heterocycles. The minimum Gasteiger partial charge on any atom is -0.486 e. The first-order chi connectivity index (χ1) is 13.6. The number of aromatic amines is 1. The second-order valence-electron chi connectivity index (χ2n) is 6.45. The normalized spacial score (nSPS) is 17.6. The van der Waals surface area contributed by atoms with Gasteiger partial charge in [0.2, 0.25) is 0 Å². The number of H-pyrrole nitrogens is 1. The number of benzene rings is 2. The predicted molar refractivity (Wildman–Crippen MR) is 100 cm³/mol. The summed E-state index contributed by atoms with van der Waals surface area (Å²) in [5.74, 6) is -1.42. The minimum absolute atomic E-state index is 0.0479. The largest absolute Gasteiger partial charge is 0.486 e. The zero-order valence-corrected chi connectivity index (χ0v) is 14.7. The Labute approximate surface area is 159 Å². The monoisotopic (exact) mass is 380 g/mol. The number of alkyl halides is 1. The molecule has 0 spiro atoms. The molecule has 0 bridgehead atoms. The SMILES string of the molecule is NC(=O)c1cc(C(=O)Nc2cn[nH]c2)cc2c1O[C@H](CF)[C@H]2c1ccccc1. The molecule has 8 heteroatoms. The number of fused-ring (bicyclic) bond motifs is 1. The van der Waals surface area contributed by atoms with E-state index >= 15 is 0 Å². The van der Waals surface area contributed by atoms with Gasteiger partial charge < -0.3 is 15.8 Å². The van der Waals surface area contributed by atoms with E-state index in [2.05, 4.69) is 15.5 Å². The van der Waals surface area contributed by atoms with Crippen LogP contribution in [0.25, 0.3) is 0 Å². The van der Waals surface area contributed by atoms with Crippen LogP contribution >= 0.6 is 0 Å². The van der Waals surface area contributed by atoms with Crippen LogP contribution in [-0.4, -0.2) is 34.8 Å². The Morgan fingerprint density at radius 3 is 2.68 bits per heavy atom. The number of halogens is 1. The van der Waals surface area contributed by atoms with Gasteiger partial charge in [-0.3, -0.25) is 14.7 Å². The van der Waals surface area contributed by atoms with Crippen molar-refractivity contribution < 1.29 is 18.7 Å². The number of carbonyl (C=O) groups excluding carboxylic acids is 2. The van der Waals surface area contributed by atoms with Crippen molar-refractivity contribution in [2.45, 2.75) is 12.0 Å². The number of anilines is 1. The van der Waals surface area contributed by atoms with Crippen LogP contribution in [0.2, 0.25) is 0 Å². The molecule has 1 aromatic heterocycles. The molecule has 4 N–H and O–H groups in total. The quantitative estimate of drug-likeness (QED) is 0.632. The smallest absolute Gasteiger partial charge is 0.255 e. The van der Waals surface area contributed by atoms with Crippen molar-refractivity contribution in [3.8, 4) is 5.75 Å². The van der Waals surface area contributed by atoms with E-state index in [4.69, 9.17) is 10.5 Å². The van der Waals surface area contributed by atoms with Gasteiger partial charge in [0.25, 0.3) is 11.8 Å². The van der Waals surface area contributed by atoms with Crippen LogP contribution in [0.4, 0.5) is 10.1 Å². The molecule has 28 heavy (non-hydrogen) atoms. The lowest BCUT2D eigenvalue weighted by molar-refractivity contribution is 0.0993. The molecule has 2 amide bonds. The van der Waals surface area contributed by atoms with Crippen molar-refractivity contribution in [2.75, 3.05) is 12.0 Å². The molecule has 1 aliphatic rings. The summed E-state index contributed by atoms with van der Waals surface area (Å²) in [5, 5.41) is 9.04. The number of primary amides is 1. The van der Waals surface area contributed by atoms with Gasteiger partial charge in [0.05, 0.1) is 23.4 Å². The maximum Gasteiger partial charge on any atom is 0.255 e. The summed E-state index contributed by atoms with van der Waals surface area (Å²) in [6.45, 7) is -0.747. The molecule has 0 fully saturated rings. The van der Waals surface area contributed by atoms with E-state index in [-0.39, 0.29) is 16.9 Å². The summed E-state index contributed by atoms with van der Waals surface area (Å²) in [6, 6.07) is 12.2. The molecule has 0 unspecified atom stereocenters. The van der Waals surface area contributed by atoms with Crippen molar-refractivity contribution in [2.24, 2.45) is 5.73 Å². The lowest BCUT2D eigenvalue weighted by Gasteiger charge is -2.16. The van der Waals surface area contributed by atoms with Gasteiger partial charge in [-0.2, -0.15) is 5.10 Å². The van der Waals surface area contributed by atoms with E-state index in [9.17, 15) is 14.0 Å².